The SMILES string of the molecule is CCOc1cc(CCN)ccc1OCc1ccc(Br)cc1. The van der Waals surface area contributed by atoms with Crippen LogP contribution in [0.4, 0.5) is 0 Å². The third-order valence-electron chi connectivity index (χ3n) is 3.05. The molecule has 2 aromatic carbocycles. The number of ether oxygens (including phenoxy) is 2. The topological polar surface area (TPSA) is 44.5 Å². The van der Waals surface area contributed by atoms with Crippen molar-refractivity contribution in [3.63, 3.8) is 0 Å². The molecule has 0 atom stereocenters. The first-order valence-electron chi connectivity index (χ1n) is 7.06. The van der Waals surface area contributed by atoms with E-state index in [9.17, 15) is 0 Å². The molecule has 0 aliphatic rings. The van der Waals surface area contributed by atoms with Gasteiger partial charge in [-0.3, -0.25) is 0 Å². The van der Waals surface area contributed by atoms with E-state index in [4.69, 9.17) is 15.2 Å². The lowest BCUT2D eigenvalue weighted by Crippen LogP contribution is -2.04. The van der Waals surface area contributed by atoms with Crippen LogP contribution in [0, 0.1) is 0 Å². The largest absolute Gasteiger partial charge is 0.490 e. The maximum absolute atomic E-state index is 5.88. The van der Waals surface area contributed by atoms with Gasteiger partial charge in [-0.15, -0.1) is 0 Å². The van der Waals surface area contributed by atoms with Gasteiger partial charge in [0, 0.05) is 4.47 Å². The van der Waals surface area contributed by atoms with Crippen molar-refractivity contribution in [2.75, 3.05) is 13.2 Å². The molecule has 0 spiro atoms. The van der Waals surface area contributed by atoms with E-state index >= 15 is 0 Å². The molecule has 0 heterocycles. The third kappa shape index (κ3) is 4.76. The Morgan fingerprint density at radius 3 is 2.33 bits per heavy atom. The first-order valence-corrected chi connectivity index (χ1v) is 7.85. The summed E-state index contributed by atoms with van der Waals surface area (Å²) in [5.41, 5.74) is 7.87. The van der Waals surface area contributed by atoms with Crippen LogP contribution in [0.2, 0.25) is 0 Å². The van der Waals surface area contributed by atoms with Gasteiger partial charge in [-0.25, -0.2) is 0 Å². The molecule has 112 valence electrons. The summed E-state index contributed by atoms with van der Waals surface area (Å²) in [5, 5.41) is 0. The molecule has 0 saturated carbocycles. The molecule has 0 radical (unpaired) electrons. The van der Waals surface area contributed by atoms with E-state index in [0.717, 1.165) is 33.5 Å². The lowest BCUT2D eigenvalue weighted by Gasteiger charge is -2.13. The number of hydrogen-bond donors (Lipinski definition) is 1. The summed E-state index contributed by atoms with van der Waals surface area (Å²) >= 11 is 3.43. The lowest BCUT2D eigenvalue weighted by atomic mass is 10.1. The fourth-order valence-corrected chi connectivity index (χ4v) is 2.27. The highest BCUT2D eigenvalue weighted by atomic mass is 79.9. The van der Waals surface area contributed by atoms with Gasteiger partial charge in [0.1, 0.15) is 6.61 Å². The number of rotatable bonds is 7. The zero-order valence-corrected chi connectivity index (χ0v) is 13.7. The second-order valence-electron chi connectivity index (χ2n) is 4.67. The summed E-state index contributed by atoms with van der Waals surface area (Å²) in [6.07, 6.45) is 0.840. The predicted octanol–water partition coefficient (Wildman–Crippen LogP) is 3.93. The van der Waals surface area contributed by atoms with Crippen LogP contribution in [0.1, 0.15) is 18.1 Å². The van der Waals surface area contributed by atoms with E-state index in [1.54, 1.807) is 0 Å². The van der Waals surface area contributed by atoms with Gasteiger partial charge in [-0.1, -0.05) is 34.1 Å². The van der Waals surface area contributed by atoms with E-state index in [0.29, 0.717) is 19.8 Å². The summed E-state index contributed by atoms with van der Waals surface area (Å²) < 4.78 is 12.6. The Balaban J connectivity index is 2.09. The number of benzene rings is 2. The van der Waals surface area contributed by atoms with Crippen LogP contribution in [-0.4, -0.2) is 13.2 Å². The zero-order chi connectivity index (χ0) is 15.1. The van der Waals surface area contributed by atoms with Crippen molar-refractivity contribution in [3.05, 3.63) is 58.1 Å². The summed E-state index contributed by atoms with van der Waals surface area (Å²) in [4.78, 5) is 0. The molecule has 0 saturated heterocycles. The molecule has 21 heavy (non-hydrogen) atoms. The summed E-state index contributed by atoms with van der Waals surface area (Å²) in [6.45, 7) is 3.73. The molecule has 0 aliphatic carbocycles. The molecule has 2 N–H and O–H groups in total. The van der Waals surface area contributed by atoms with Gasteiger partial charge in [0.25, 0.3) is 0 Å². The van der Waals surface area contributed by atoms with Crippen molar-refractivity contribution >= 4 is 15.9 Å². The minimum absolute atomic E-state index is 0.517. The molecule has 3 nitrogen and oxygen atoms in total. The molecular formula is C17H20BrNO2. The van der Waals surface area contributed by atoms with E-state index in [-0.39, 0.29) is 0 Å². The highest BCUT2D eigenvalue weighted by Gasteiger charge is 2.07. The van der Waals surface area contributed by atoms with Gasteiger partial charge >= 0.3 is 0 Å². The fourth-order valence-electron chi connectivity index (χ4n) is 2.00. The second kappa shape index (κ2) is 8.05. The van der Waals surface area contributed by atoms with E-state index in [1.807, 2.05) is 49.4 Å². The predicted molar refractivity (Wildman–Crippen MR) is 88.8 cm³/mol. The highest BCUT2D eigenvalue weighted by Crippen LogP contribution is 2.29. The van der Waals surface area contributed by atoms with Crippen LogP contribution in [-0.2, 0) is 13.0 Å². The zero-order valence-electron chi connectivity index (χ0n) is 12.1. The Morgan fingerprint density at radius 1 is 0.952 bits per heavy atom. The standard InChI is InChI=1S/C17H20BrNO2/c1-2-20-17-11-13(9-10-19)5-8-16(17)21-12-14-3-6-15(18)7-4-14/h3-8,11H,2,9-10,12,19H2,1H3. The van der Waals surface area contributed by atoms with E-state index < -0.39 is 0 Å². The Kier molecular flexibility index (Phi) is 6.08. The van der Waals surface area contributed by atoms with E-state index in [1.165, 1.54) is 0 Å². The average molecular weight is 350 g/mol. The molecule has 2 rings (SSSR count). The van der Waals surface area contributed by atoms with Crippen molar-refractivity contribution in [3.8, 4) is 11.5 Å². The Bertz CT molecular complexity index is 570. The summed E-state index contributed by atoms with van der Waals surface area (Å²) in [6, 6.07) is 14.1. The van der Waals surface area contributed by atoms with Crippen molar-refractivity contribution in [1.29, 1.82) is 0 Å². The maximum Gasteiger partial charge on any atom is 0.161 e. The first kappa shape index (κ1) is 15.9. The highest BCUT2D eigenvalue weighted by molar-refractivity contribution is 9.10. The maximum atomic E-state index is 5.88. The monoisotopic (exact) mass is 349 g/mol. The van der Waals surface area contributed by atoms with E-state index in [2.05, 4.69) is 15.9 Å². The smallest absolute Gasteiger partial charge is 0.161 e. The van der Waals surface area contributed by atoms with Crippen molar-refractivity contribution < 1.29 is 9.47 Å². The van der Waals surface area contributed by atoms with Crippen LogP contribution >= 0.6 is 15.9 Å². The van der Waals surface area contributed by atoms with Gasteiger partial charge in [0.05, 0.1) is 6.61 Å². The van der Waals surface area contributed by atoms with Crippen molar-refractivity contribution in [1.82, 2.24) is 0 Å². The molecular weight excluding hydrogens is 330 g/mol. The Hall–Kier alpha value is -1.52. The average Bonchev–Trinajstić information content (AvgIpc) is 2.49. The minimum atomic E-state index is 0.517. The van der Waals surface area contributed by atoms with Crippen molar-refractivity contribution in [2.45, 2.75) is 20.0 Å². The van der Waals surface area contributed by atoms with Gasteiger partial charge < -0.3 is 15.2 Å². The fraction of sp³-hybridized carbons (Fsp3) is 0.294. The second-order valence-corrected chi connectivity index (χ2v) is 5.58. The first-order chi connectivity index (χ1) is 10.2. The quantitative estimate of drug-likeness (QED) is 0.823. The summed E-state index contributed by atoms with van der Waals surface area (Å²) in [7, 11) is 0. The Morgan fingerprint density at radius 2 is 1.67 bits per heavy atom. The molecule has 0 bridgehead atoms. The van der Waals surface area contributed by atoms with Gasteiger partial charge in [-0.2, -0.15) is 0 Å². The normalized spacial score (nSPS) is 10.4. The molecule has 2 aromatic rings. The number of hydrogen-bond acceptors (Lipinski definition) is 3. The molecule has 0 aliphatic heterocycles. The third-order valence-corrected chi connectivity index (χ3v) is 3.58. The van der Waals surface area contributed by atoms with Crippen LogP contribution in [0.3, 0.4) is 0 Å². The number of halogens is 1. The van der Waals surface area contributed by atoms with Crippen LogP contribution in [0.25, 0.3) is 0 Å². The van der Waals surface area contributed by atoms with Crippen LogP contribution < -0.4 is 15.2 Å². The number of nitrogens with two attached hydrogens (primary N) is 1. The van der Waals surface area contributed by atoms with Gasteiger partial charge in [0.2, 0.25) is 0 Å². The molecule has 0 unspecified atom stereocenters. The molecule has 0 fully saturated rings. The molecule has 0 amide bonds. The lowest BCUT2D eigenvalue weighted by molar-refractivity contribution is 0.269. The van der Waals surface area contributed by atoms with Crippen LogP contribution in [0.5, 0.6) is 11.5 Å². The minimum Gasteiger partial charge on any atom is -0.490 e. The van der Waals surface area contributed by atoms with Gasteiger partial charge in [-0.05, 0) is 55.3 Å². The van der Waals surface area contributed by atoms with Crippen LogP contribution in [0.15, 0.2) is 46.9 Å². The Labute approximate surface area is 134 Å². The molecule has 4 heteroatoms. The van der Waals surface area contributed by atoms with Crippen molar-refractivity contribution in [2.24, 2.45) is 5.73 Å². The van der Waals surface area contributed by atoms with Gasteiger partial charge in [0.15, 0.2) is 11.5 Å². The molecule has 0 aromatic heterocycles. The summed E-state index contributed by atoms with van der Waals surface area (Å²) in [5.74, 6) is 1.54.